The van der Waals surface area contributed by atoms with Crippen LogP contribution in [0.5, 0.6) is 0 Å². The summed E-state index contributed by atoms with van der Waals surface area (Å²) in [5, 5.41) is 10.2. The normalized spacial score (nSPS) is 12.7. The Labute approximate surface area is 126 Å². The SMILES string of the molecule is Cc1cc(F)ccc1CC(O)c1cc(Br)sc1Br. The molecule has 0 radical (unpaired) electrons. The van der Waals surface area contributed by atoms with Crippen LogP contribution in [0.3, 0.4) is 0 Å². The van der Waals surface area contributed by atoms with Gasteiger partial charge in [0.2, 0.25) is 0 Å². The third-order valence-corrected chi connectivity index (χ3v) is 5.15. The molecule has 1 unspecified atom stereocenters. The van der Waals surface area contributed by atoms with Gasteiger partial charge in [0.05, 0.1) is 13.7 Å². The molecule has 0 aliphatic rings. The molecule has 1 N–H and O–H groups in total. The minimum absolute atomic E-state index is 0.245. The van der Waals surface area contributed by atoms with Crippen LogP contribution in [0, 0.1) is 12.7 Å². The summed E-state index contributed by atoms with van der Waals surface area (Å²) in [5.74, 6) is -0.245. The zero-order valence-electron chi connectivity index (χ0n) is 9.58. The Bertz CT molecular complexity index is 568. The Morgan fingerprint density at radius 1 is 1.33 bits per heavy atom. The molecule has 5 heteroatoms. The van der Waals surface area contributed by atoms with Crippen LogP contribution in [0.1, 0.15) is 22.8 Å². The third kappa shape index (κ3) is 3.20. The van der Waals surface area contributed by atoms with E-state index in [1.165, 1.54) is 23.5 Å². The van der Waals surface area contributed by atoms with Gasteiger partial charge in [-0.25, -0.2) is 4.39 Å². The number of halogens is 3. The quantitative estimate of drug-likeness (QED) is 0.778. The van der Waals surface area contributed by atoms with E-state index < -0.39 is 6.10 Å². The Balaban J connectivity index is 2.21. The van der Waals surface area contributed by atoms with Crippen molar-refractivity contribution in [1.82, 2.24) is 0 Å². The monoisotopic (exact) mass is 392 g/mol. The Kier molecular flexibility index (Phi) is 4.59. The lowest BCUT2D eigenvalue weighted by Crippen LogP contribution is -2.03. The van der Waals surface area contributed by atoms with Crippen molar-refractivity contribution in [2.24, 2.45) is 0 Å². The van der Waals surface area contributed by atoms with Crippen molar-refractivity contribution in [2.75, 3.05) is 0 Å². The second kappa shape index (κ2) is 5.82. The van der Waals surface area contributed by atoms with Gasteiger partial charge in [-0.15, -0.1) is 11.3 Å². The number of hydrogen-bond donors (Lipinski definition) is 1. The number of aliphatic hydroxyl groups excluding tert-OH is 1. The van der Waals surface area contributed by atoms with E-state index >= 15 is 0 Å². The maximum absolute atomic E-state index is 13.0. The first kappa shape index (κ1) is 14.2. The number of aryl methyl sites for hydroxylation is 1. The molecule has 0 aliphatic heterocycles. The molecule has 0 bridgehead atoms. The summed E-state index contributed by atoms with van der Waals surface area (Å²) in [6, 6.07) is 6.54. The van der Waals surface area contributed by atoms with Crippen LogP contribution in [0.15, 0.2) is 31.8 Å². The van der Waals surface area contributed by atoms with Crippen molar-refractivity contribution in [2.45, 2.75) is 19.4 Å². The fourth-order valence-electron chi connectivity index (χ4n) is 1.79. The summed E-state index contributed by atoms with van der Waals surface area (Å²) in [6.07, 6.45) is -0.112. The number of rotatable bonds is 3. The highest BCUT2D eigenvalue weighted by atomic mass is 79.9. The van der Waals surface area contributed by atoms with Crippen LogP contribution in [-0.2, 0) is 6.42 Å². The summed E-state index contributed by atoms with van der Waals surface area (Å²) in [7, 11) is 0. The van der Waals surface area contributed by atoms with Crippen molar-refractivity contribution in [1.29, 1.82) is 0 Å². The predicted molar refractivity (Wildman–Crippen MR) is 79.5 cm³/mol. The Morgan fingerprint density at radius 2 is 2.06 bits per heavy atom. The maximum Gasteiger partial charge on any atom is 0.123 e. The van der Waals surface area contributed by atoms with Gasteiger partial charge in [-0.1, -0.05) is 6.07 Å². The first-order chi connectivity index (χ1) is 8.47. The van der Waals surface area contributed by atoms with Crippen molar-refractivity contribution in [3.05, 3.63) is 54.3 Å². The molecule has 0 saturated heterocycles. The number of aliphatic hydroxyl groups is 1. The lowest BCUT2D eigenvalue weighted by atomic mass is 10.00. The van der Waals surface area contributed by atoms with Gasteiger partial charge in [0.25, 0.3) is 0 Å². The van der Waals surface area contributed by atoms with Gasteiger partial charge < -0.3 is 5.11 Å². The van der Waals surface area contributed by atoms with Gasteiger partial charge in [-0.05, 0) is 68.1 Å². The Morgan fingerprint density at radius 3 is 2.61 bits per heavy atom. The minimum atomic E-state index is -0.592. The largest absolute Gasteiger partial charge is 0.388 e. The van der Waals surface area contributed by atoms with E-state index in [9.17, 15) is 9.50 Å². The molecule has 1 heterocycles. The van der Waals surface area contributed by atoms with Crippen LogP contribution in [0.4, 0.5) is 4.39 Å². The standard InChI is InChI=1S/C13H11Br2FOS/c1-7-4-9(16)3-2-8(7)5-11(17)10-6-12(14)18-13(10)15/h2-4,6,11,17H,5H2,1H3. The van der Waals surface area contributed by atoms with Crippen LogP contribution >= 0.6 is 43.2 Å². The first-order valence-corrected chi connectivity index (χ1v) is 7.75. The molecule has 0 fully saturated rings. The van der Waals surface area contributed by atoms with Crippen LogP contribution in [0.2, 0.25) is 0 Å². The zero-order valence-corrected chi connectivity index (χ0v) is 13.6. The molecule has 0 spiro atoms. The van der Waals surface area contributed by atoms with Crippen molar-refractivity contribution >= 4 is 43.2 Å². The van der Waals surface area contributed by atoms with Gasteiger partial charge in [-0.2, -0.15) is 0 Å². The van der Waals surface area contributed by atoms with Gasteiger partial charge in [0.15, 0.2) is 0 Å². The zero-order chi connectivity index (χ0) is 13.3. The van der Waals surface area contributed by atoms with Gasteiger partial charge in [0.1, 0.15) is 5.82 Å². The molecule has 0 amide bonds. The molecule has 0 saturated carbocycles. The molecule has 96 valence electrons. The summed E-state index contributed by atoms with van der Waals surface area (Å²) >= 11 is 8.35. The van der Waals surface area contributed by atoms with Crippen molar-refractivity contribution in [3.63, 3.8) is 0 Å². The molecule has 18 heavy (non-hydrogen) atoms. The molecular formula is C13H11Br2FOS. The molecule has 0 aliphatic carbocycles. The smallest absolute Gasteiger partial charge is 0.123 e. The third-order valence-electron chi connectivity index (χ3n) is 2.76. The predicted octanol–water partition coefficient (Wildman–Crippen LogP) is 5.00. The van der Waals surface area contributed by atoms with Gasteiger partial charge >= 0.3 is 0 Å². The molecule has 2 rings (SSSR count). The van der Waals surface area contributed by atoms with Crippen molar-refractivity contribution in [3.8, 4) is 0 Å². The second-order valence-electron chi connectivity index (χ2n) is 4.07. The number of benzene rings is 1. The Hall–Kier alpha value is -0.230. The summed E-state index contributed by atoms with van der Waals surface area (Å²) in [6.45, 7) is 1.85. The molecule has 1 aromatic heterocycles. The molecule has 1 aromatic carbocycles. The highest BCUT2D eigenvalue weighted by Crippen LogP contribution is 2.36. The fourth-order valence-corrected chi connectivity index (χ4v) is 4.74. The first-order valence-electron chi connectivity index (χ1n) is 5.35. The topological polar surface area (TPSA) is 20.2 Å². The van der Waals surface area contributed by atoms with E-state index in [4.69, 9.17) is 0 Å². The highest BCUT2D eigenvalue weighted by molar-refractivity contribution is 9.12. The fraction of sp³-hybridized carbons (Fsp3) is 0.231. The number of hydrogen-bond acceptors (Lipinski definition) is 2. The van der Waals surface area contributed by atoms with E-state index in [0.717, 1.165) is 24.3 Å². The van der Waals surface area contributed by atoms with Crippen LogP contribution in [-0.4, -0.2) is 5.11 Å². The highest BCUT2D eigenvalue weighted by Gasteiger charge is 2.16. The maximum atomic E-state index is 13.0. The average molecular weight is 394 g/mol. The lowest BCUT2D eigenvalue weighted by Gasteiger charge is -2.12. The summed E-state index contributed by atoms with van der Waals surface area (Å²) in [5.41, 5.74) is 2.67. The molecule has 1 atom stereocenters. The lowest BCUT2D eigenvalue weighted by molar-refractivity contribution is 0.178. The summed E-state index contributed by atoms with van der Waals surface area (Å²) < 4.78 is 14.9. The van der Waals surface area contributed by atoms with Gasteiger partial charge in [-0.3, -0.25) is 0 Å². The van der Waals surface area contributed by atoms with E-state index in [0.29, 0.717) is 6.42 Å². The summed E-state index contributed by atoms with van der Waals surface area (Å²) in [4.78, 5) is 0. The van der Waals surface area contributed by atoms with E-state index in [1.54, 1.807) is 6.07 Å². The second-order valence-corrected chi connectivity index (χ2v) is 7.82. The molecule has 2 aromatic rings. The van der Waals surface area contributed by atoms with Crippen LogP contribution < -0.4 is 0 Å². The van der Waals surface area contributed by atoms with E-state index in [1.807, 2.05) is 13.0 Å². The average Bonchev–Trinajstić information content (AvgIpc) is 2.62. The van der Waals surface area contributed by atoms with Crippen molar-refractivity contribution < 1.29 is 9.50 Å². The molecular weight excluding hydrogens is 383 g/mol. The minimum Gasteiger partial charge on any atom is -0.388 e. The van der Waals surface area contributed by atoms with E-state index in [2.05, 4.69) is 31.9 Å². The van der Waals surface area contributed by atoms with Crippen LogP contribution in [0.25, 0.3) is 0 Å². The number of thiophene rings is 1. The molecule has 1 nitrogen and oxygen atoms in total. The van der Waals surface area contributed by atoms with Gasteiger partial charge in [0, 0.05) is 12.0 Å². The van der Waals surface area contributed by atoms with E-state index in [-0.39, 0.29) is 5.82 Å².